The lowest BCUT2D eigenvalue weighted by atomic mass is 10.1. The van der Waals surface area contributed by atoms with Gasteiger partial charge in [0, 0.05) is 44.1 Å². The first kappa shape index (κ1) is 14.2. The second-order valence-corrected chi connectivity index (χ2v) is 5.07. The van der Waals surface area contributed by atoms with Crippen molar-refractivity contribution >= 4 is 5.82 Å². The number of anilines is 1. The Morgan fingerprint density at radius 3 is 2.05 bits per heavy atom. The molecule has 0 atom stereocenters. The first-order valence-electron chi connectivity index (χ1n) is 7.35. The molecule has 4 nitrogen and oxygen atoms in total. The smallest absolute Gasteiger partial charge is 0.128 e. The van der Waals surface area contributed by atoms with Gasteiger partial charge in [-0.15, -0.1) is 0 Å². The molecule has 3 aromatic heterocycles. The zero-order valence-electron chi connectivity index (χ0n) is 12.3. The fraction of sp³-hybridized carbons (Fsp3) is 0.167. The van der Waals surface area contributed by atoms with E-state index >= 15 is 0 Å². The van der Waals surface area contributed by atoms with Crippen molar-refractivity contribution < 1.29 is 0 Å². The molecule has 0 aliphatic heterocycles. The number of hydrogen-bond acceptors (Lipinski definition) is 4. The van der Waals surface area contributed by atoms with E-state index in [9.17, 15) is 0 Å². The van der Waals surface area contributed by atoms with Crippen LogP contribution in [0.15, 0.2) is 73.4 Å². The van der Waals surface area contributed by atoms with Crippen molar-refractivity contribution in [2.45, 2.75) is 13.0 Å². The third kappa shape index (κ3) is 3.88. The Balaban J connectivity index is 1.74. The lowest BCUT2D eigenvalue weighted by Crippen LogP contribution is -2.26. The topological polar surface area (TPSA) is 41.9 Å². The van der Waals surface area contributed by atoms with Crippen LogP contribution in [0.5, 0.6) is 0 Å². The molecule has 0 radical (unpaired) electrons. The third-order valence-electron chi connectivity index (χ3n) is 3.52. The average molecular weight is 290 g/mol. The van der Waals surface area contributed by atoms with E-state index in [0.29, 0.717) is 0 Å². The highest BCUT2D eigenvalue weighted by molar-refractivity contribution is 5.39. The second-order valence-electron chi connectivity index (χ2n) is 5.07. The molecule has 4 heteroatoms. The Morgan fingerprint density at radius 1 is 0.727 bits per heavy atom. The third-order valence-corrected chi connectivity index (χ3v) is 3.52. The first-order valence-corrected chi connectivity index (χ1v) is 7.35. The van der Waals surface area contributed by atoms with Crippen molar-refractivity contribution in [1.29, 1.82) is 0 Å². The van der Waals surface area contributed by atoms with Gasteiger partial charge >= 0.3 is 0 Å². The lowest BCUT2D eigenvalue weighted by Gasteiger charge is -2.23. The van der Waals surface area contributed by atoms with Crippen molar-refractivity contribution in [2.75, 3.05) is 11.4 Å². The molecule has 0 N–H and O–H groups in total. The minimum Gasteiger partial charge on any atom is -0.352 e. The van der Waals surface area contributed by atoms with Gasteiger partial charge in [0.25, 0.3) is 0 Å². The largest absolute Gasteiger partial charge is 0.352 e. The summed E-state index contributed by atoms with van der Waals surface area (Å²) in [7, 11) is 0. The summed E-state index contributed by atoms with van der Waals surface area (Å²) in [5, 5.41) is 0. The molecule has 3 heterocycles. The van der Waals surface area contributed by atoms with E-state index in [2.05, 4.69) is 32.0 Å². The summed E-state index contributed by atoms with van der Waals surface area (Å²) in [5.74, 6) is 0.994. The molecule has 0 saturated carbocycles. The van der Waals surface area contributed by atoms with E-state index < -0.39 is 0 Å². The second kappa shape index (κ2) is 7.31. The molecule has 0 aromatic carbocycles. The van der Waals surface area contributed by atoms with Crippen LogP contribution in [-0.4, -0.2) is 21.5 Å². The van der Waals surface area contributed by atoms with Gasteiger partial charge in [-0.3, -0.25) is 9.97 Å². The van der Waals surface area contributed by atoms with Gasteiger partial charge < -0.3 is 4.90 Å². The number of hydrogen-bond donors (Lipinski definition) is 0. The summed E-state index contributed by atoms with van der Waals surface area (Å²) in [6, 6.07) is 14.2. The van der Waals surface area contributed by atoms with E-state index in [1.54, 1.807) is 0 Å². The fourth-order valence-electron chi connectivity index (χ4n) is 2.34. The molecule has 0 aliphatic rings. The number of pyridine rings is 3. The van der Waals surface area contributed by atoms with E-state index in [0.717, 1.165) is 25.3 Å². The summed E-state index contributed by atoms with van der Waals surface area (Å²) >= 11 is 0. The average Bonchev–Trinajstić information content (AvgIpc) is 2.61. The molecule has 0 bridgehead atoms. The summed E-state index contributed by atoms with van der Waals surface area (Å²) < 4.78 is 0. The summed E-state index contributed by atoms with van der Waals surface area (Å²) in [6.07, 6.45) is 10.1. The molecule has 0 saturated heterocycles. The first-order chi connectivity index (χ1) is 10.9. The summed E-state index contributed by atoms with van der Waals surface area (Å²) in [6.45, 7) is 1.73. The molecule has 3 rings (SSSR count). The highest BCUT2D eigenvalue weighted by Crippen LogP contribution is 2.14. The Hall–Kier alpha value is -2.75. The van der Waals surface area contributed by atoms with E-state index in [4.69, 9.17) is 0 Å². The molecule has 22 heavy (non-hydrogen) atoms. The van der Waals surface area contributed by atoms with Gasteiger partial charge in [-0.1, -0.05) is 6.07 Å². The van der Waals surface area contributed by atoms with Crippen molar-refractivity contribution in [3.8, 4) is 0 Å². The Morgan fingerprint density at radius 2 is 1.41 bits per heavy atom. The van der Waals surface area contributed by atoms with Crippen LogP contribution in [0, 0.1) is 0 Å². The Bertz CT molecular complexity index is 671. The van der Waals surface area contributed by atoms with Crippen molar-refractivity contribution in [1.82, 2.24) is 15.0 Å². The van der Waals surface area contributed by atoms with E-state index in [1.807, 2.05) is 61.3 Å². The zero-order chi connectivity index (χ0) is 15.0. The number of aromatic nitrogens is 3. The van der Waals surface area contributed by atoms with Gasteiger partial charge in [0.2, 0.25) is 0 Å². The quantitative estimate of drug-likeness (QED) is 0.699. The predicted octanol–water partition coefficient (Wildman–Crippen LogP) is 3.12. The monoisotopic (exact) mass is 290 g/mol. The molecule has 0 spiro atoms. The molecule has 0 unspecified atom stereocenters. The normalized spacial score (nSPS) is 10.4. The van der Waals surface area contributed by atoms with E-state index in [-0.39, 0.29) is 0 Å². The maximum Gasteiger partial charge on any atom is 0.128 e. The van der Waals surface area contributed by atoms with Crippen molar-refractivity contribution in [2.24, 2.45) is 0 Å². The van der Waals surface area contributed by atoms with Gasteiger partial charge in [0.1, 0.15) is 5.82 Å². The van der Waals surface area contributed by atoms with Crippen LogP contribution in [0.2, 0.25) is 0 Å². The standard InChI is InChI=1S/C18H18N4/c1-2-9-21-18(3-1)22(15-17-6-12-20-13-7-17)14-8-16-4-10-19-11-5-16/h1-7,9-13H,8,14-15H2. The molecular weight excluding hydrogens is 272 g/mol. The highest BCUT2D eigenvalue weighted by atomic mass is 15.2. The number of nitrogens with zero attached hydrogens (tertiary/aromatic N) is 4. The summed E-state index contributed by atoms with van der Waals surface area (Å²) in [5.41, 5.74) is 2.51. The molecule has 0 aliphatic carbocycles. The molecule has 3 aromatic rings. The van der Waals surface area contributed by atoms with Crippen LogP contribution in [0.4, 0.5) is 5.82 Å². The maximum atomic E-state index is 4.49. The van der Waals surface area contributed by atoms with Gasteiger partial charge in [-0.05, 0) is 53.9 Å². The lowest BCUT2D eigenvalue weighted by molar-refractivity contribution is 0.767. The Labute approximate surface area is 130 Å². The SMILES string of the molecule is c1ccc(N(CCc2ccncc2)Cc2ccncc2)nc1. The van der Waals surface area contributed by atoms with Crippen LogP contribution in [0.3, 0.4) is 0 Å². The minimum absolute atomic E-state index is 0.824. The predicted molar refractivity (Wildman–Crippen MR) is 87.5 cm³/mol. The molecule has 0 fully saturated rings. The van der Waals surface area contributed by atoms with Crippen LogP contribution in [0.1, 0.15) is 11.1 Å². The molecular formula is C18H18N4. The van der Waals surface area contributed by atoms with Gasteiger partial charge in [-0.25, -0.2) is 4.98 Å². The van der Waals surface area contributed by atoms with Gasteiger partial charge in [0.15, 0.2) is 0 Å². The molecule has 0 amide bonds. The van der Waals surface area contributed by atoms with Crippen LogP contribution in [-0.2, 0) is 13.0 Å². The highest BCUT2D eigenvalue weighted by Gasteiger charge is 2.08. The van der Waals surface area contributed by atoms with Crippen molar-refractivity contribution in [3.05, 3.63) is 84.6 Å². The van der Waals surface area contributed by atoms with Gasteiger partial charge in [-0.2, -0.15) is 0 Å². The summed E-state index contributed by atoms with van der Waals surface area (Å²) in [4.78, 5) is 14.9. The van der Waals surface area contributed by atoms with Gasteiger partial charge in [0.05, 0.1) is 0 Å². The van der Waals surface area contributed by atoms with Crippen LogP contribution < -0.4 is 4.90 Å². The van der Waals surface area contributed by atoms with Crippen LogP contribution in [0.25, 0.3) is 0 Å². The van der Waals surface area contributed by atoms with Crippen LogP contribution >= 0.6 is 0 Å². The fourth-order valence-corrected chi connectivity index (χ4v) is 2.34. The maximum absolute atomic E-state index is 4.49. The Kier molecular flexibility index (Phi) is 4.72. The number of rotatable bonds is 6. The minimum atomic E-state index is 0.824. The zero-order valence-corrected chi connectivity index (χ0v) is 12.3. The van der Waals surface area contributed by atoms with Crippen molar-refractivity contribution in [3.63, 3.8) is 0 Å². The molecule has 110 valence electrons. The van der Waals surface area contributed by atoms with E-state index in [1.165, 1.54) is 11.1 Å².